The molecule has 0 atom stereocenters. The van der Waals surface area contributed by atoms with Gasteiger partial charge in [-0.1, -0.05) is 5.92 Å². The van der Waals surface area contributed by atoms with Crippen LogP contribution in [0.1, 0.15) is 0 Å². The first-order valence-electron chi connectivity index (χ1n) is 1.71. The van der Waals surface area contributed by atoms with Gasteiger partial charge >= 0.3 is 4.83 Å². The maximum absolute atomic E-state index is 11.5. The number of alkyl halides is 3. The Morgan fingerprint density at radius 3 is 2.25 bits per heavy atom. The van der Waals surface area contributed by atoms with Crippen LogP contribution < -0.4 is 0 Å². The molecule has 0 aliphatic carbocycles. The zero-order valence-electron chi connectivity index (χ0n) is 3.75. The van der Waals surface area contributed by atoms with E-state index in [1.54, 1.807) is 5.92 Å². The second-order valence-electron chi connectivity index (χ2n) is 0.944. The van der Waals surface area contributed by atoms with E-state index in [0.29, 0.717) is 0 Å². The van der Waals surface area contributed by atoms with Crippen molar-refractivity contribution in [3.8, 4) is 11.8 Å². The van der Waals surface area contributed by atoms with Crippen LogP contribution in [-0.4, -0.2) is 11.4 Å². The van der Waals surface area contributed by atoms with E-state index in [1.165, 1.54) is 5.92 Å². The first-order valence-corrected chi connectivity index (χ1v) is 2.50. The summed E-state index contributed by atoms with van der Waals surface area (Å²) in [7, 11) is 0. The molecule has 0 aliphatic heterocycles. The van der Waals surface area contributed by atoms with Crippen molar-refractivity contribution < 1.29 is 13.9 Å². The van der Waals surface area contributed by atoms with Crippen LogP contribution >= 0.6 is 15.9 Å². The van der Waals surface area contributed by atoms with Crippen LogP contribution in [0.3, 0.4) is 0 Å². The van der Waals surface area contributed by atoms with Gasteiger partial charge in [-0.15, -0.1) is 0 Å². The van der Waals surface area contributed by atoms with Crippen molar-refractivity contribution in [2.75, 3.05) is 6.61 Å². The molecular formula is C4H2BrF2O. The lowest BCUT2D eigenvalue weighted by Crippen LogP contribution is -1.98. The molecule has 1 radical (unpaired) electrons. The molecule has 8 heavy (non-hydrogen) atoms. The summed E-state index contributed by atoms with van der Waals surface area (Å²) < 4.78 is 23.0. The van der Waals surface area contributed by atoms with E-state index in [0.717, 1.165) is 0 Å². The summed E-state index contributed by atoms with van der Waals surface area (Å²) in [5, 5.41) is 9.45. The van der Waals surface area contributed by atoms with Crippen LogP contribution in [0.5, 0.6) is 0 Å². The van der Waals surface area contributed by atoms with Crippen molar-refractivity contribution in [1.82, 2.24) is 0 Å². The maximum Gasteiger partial charge on any atom is 0.363 e. The largest absolute Gasteiger partial charge is 0.363 e. The number of halogens is 3. The van der Waals surface area contributed by atoms with Crippen molar-refractivity contribution in [2.24, 2.45) is 0 Å². The molecule has 0 saturated heterocycles. The predicted octanol–water partition coefficient (Wildman–Crippen LogP) is 1.41. The van der Waals surface area contributed by atoms with Gasteiger partial charge in [-0.05, 0) is 5.92 Å². The van der Waals surface area contributed by atoms with E-state index in [2.05, 4.69) is 0 Å². The van der Waals surface area contributed by atoms with E-state index >= 15 is 0 Å². The topological polar surface area (TPSA) is 19.9 Å². The lowest BCUT2D eigenvalue weighted by Gasteiger charge is -1.92. The fourth-order valence-corrected chi connectivity index (χ4v) is 0.276. The van der Waals surface area contributed by atoms with Gasteiger partial charge in [-0.3, -0.25) is 0 Å². The molecule has 0 aliphatic rings. The lowest BCUT2D eigenvalue weighted by atomic mass is 10.6. The summed E-state index contributed by atoms with van der Waals surface area (Å²) in [6.45, 7) is -0.790. The van der Waals surface area contributed by atoms with Crippen molar-refractivity contribution in [3.05, 3.63) is 0 Å². The van der Waals surface area contributed by atoms with E-state index in [1.807, 2.05) is 15.9 Å². The molecule has 0 fully saturated rings. The van der Waals surface area contributed by atoms with Gasteiger partial charge in [-0.25, -0.2) is 5.11 Å². The average Bonchev–Trinajstić information content (AvgIpc) is 1.59. The van der Waals surface area contributed by atoms with Gasteiger partial charge in [0.15, 0.2) is 0 Å². The Labute approximate surface area is 53.8 Å². The first-order chi connectivity index (χ1) is 3.56. The van der Waals surface area contributed by atoms with Crippen molar-refractivity contribution >= 4 is 15.9 Å². The number of hydrogen-bond donors (Lipinski definition) is 0. The van der Waals surface area contributed by atoms with E-state index in [9.17, 15) is 13.9 Å². The monoisotopic (exact) mass is 183 g/mol. The van der Waals surface area contributed by atoms with Gasteiger partial charge in [-0.2, -0.15) is 8.78 Å². The van der Waals surface area contributed by atoms with Crippen LogP contribution in [0.15, 0.2) is 0 Å². The lowest BCUT2D eigenvalue weighted by molar-refractivity contribution is 0.181. The fourth-order valence-electron chi connectivity index (χ4n) is 0.136. The van der Waals surface area contributed by atoms with Gasteiger partial charge in [0, 0.05) is 15.9 Å². The molecule has 0 bridgehead atoms. The minimum absolute atomic E-state index is 0.790. The Bertz CT molecular complexity index is 118. The van der Waals surface area contributed by atoms with Crippen molar-refractivity contribution in [3.63, 3.8) is 0 Å². The third-order valence-electron chi connectivity index (χ3n) is 0.302. The SMILES string of the molecule is [O]CC#CC(F)(F)Br. The van der Waals surface area contributed by atoms with Crippen molar-refractivity contribution in [2.45, 2.75) is 4.83 Å². The fraction of sp³-hybridized carbons (Fsp3) is 0.500. The van der Waals surface area contributed by atoms with Crippen LogP contribution in [0, 0.1) is 11.8 Å². The summed E-state index contributed by atoms with van der Waals surface area (Å²) in [5.74, 6) is 3.08. The highest BCUT2D eigenvalue weighted by molar-refractivity contribution is 9.10. The van der Waals surface area contributed by atoms with E-state index in [4.69, 9.17) is 0 Å². The molecule has 0 unspecified atom stereocenters. The summed E-state index contributed by atoms with van der Waals surface area (Å²) >= 11 is 1.93. The number of hydrogen-bond acceptors (Lipinski definition) is 0. The Morgan fingerprint density at radius 2 is 2.12 bits per heavy atom. The third kappa shape index (κ3) is 5.86. The minimum Gasteiger partial charge on any atom is -0.223 e. The molecule has 1 nitrogen and oxygen atoms in total. The average molecular weight is 184 g/mol. The van der Waals surface area contributed by atoms with Gasteiger partial charge in [0.2, 0.25) is 0 Å². The van der Waals surface area contributed by atoms with Crippen LogP contribution in [0.2, 0.25) is 0 Å². The van der Waals surface area contributed by atoms with Crippen LogP contribution in [-0.2, 0) is 5.11 Å². The van der Waals surface area contributed by atoms with Gasteiger partial charge in [0.05, 0.1) is 0 Å². The molecule has 0 heterocycles. The zero-order valence-corrected chi connectivity index (χ0v) is 5.34. The van der Waals surface area contributed by atoms with Crippen LogP contribution in [0.4, 0.5) is 8.78 Å². The predicted molar refractivity (Wildman–Crippen MR) is 27.2 cm³/mol. The molecule has 0 spiro atoms. The molecule has 0 amide bonds. The Hall–Kier alpha value is -0.140. The Morgan fingerprint density at radius 1 is 1.62 bits per heavy atom. The van der Waals surface area contributed by atoms with E-state index in [-0.39, 0.29) is 0 Å². The highest BCUT2D eigenvalue weighted by atomic mass is 79.9. The van der Waals surface area contributed by atoms with Gasteiger partial charge in [0.1, 0.15) is 6.61 Å². The quantitative estimate of drug-likeness (QED) is 0.400. The molecule has 0 rings (SSSR count). The molecule has 0 aromatic carbocycles. The summed E-state index contributed by atoms with van der Waals surface area (Å²) in [4.78, 5) is -3.20. The number of rotatable bonds is 0. The Balaban J connectivity index is 3.69. The molecule has 45 valence electrons. The Kier molecular flexibility index (Phi) is 2.95. The van der Waals surface area contributed by atoms with E-state index < -0.39 is 11.4 Å². The molecule has 0 aromatic rings. The van der Waals surface area contributed by atoms with Gasteiger partial charge < -0.3 is 0 Å². The second kappa shape index (κ2) is 3.00. The molecule has 0 aromatic heterocycles. The molecule has 0 N–H and O–H groups in total. The summed E-state index contributed by atoms with van der Waals surface area (Å²) in [6.07, 6.45) is 0. The highest BCUT2D eigenvalue weighted by Gasteiger charge is 2.18. The van der Waals surface area contributed by atoms with Crippen LogP contribution in [0.25, 0.3) is 0 Å². The molecular weight excluding hydrogens is 182 g/mol. The smallest absolute Gasteiger partial charge is 0.223 e. The second-order valence-corrected chi connectivity index (χ2v) is 1.94. The zero-order chi connectivity index (χ0) is 6.62. The minimum atomic E-state index is -3.20. The summed E-state index contributed by atoms with van der Waals surface area (Å²) in [5.41, 5.74) is 0. The molecule has 0 saturated carbocycles. The van der Waals surface area contributed by atoms with Gasteiger partial charge in [0.25, 0.3) is 0 Å². The standard InChI is InChI=1S/C4H2BrF2O/c5-4(6,7)2-1-3-8/h3H2. The highest BCUT2D eigenvalue weighted by Crippen LogP contribution is 2.18. The first kappa shape index (κ1) is 7.86. The summed E-state index contributed by atoms with van der Waals surface area (Å²) in [6, 6.07) is 0. The third-order valence-corrected chi connectivity index (χ3v) is 0.501. The normalized spacial score (nSPS) is 10.0. The van der Waals surface area contributed by atoms with Crippen molar-refractivity contribution in [1.29, 1.82) is 0 Å². The molecule has 4 heteroatoms. The maximum atomic E-state index is 11.5.